The molecule has 0 unspecified atom stereocenters. The van der Waals surface area contributed by atoms with Crippen LogP contribution in [0.3, 0.4) is 0 Å². The molecule has 2 aliphatic rings. The summed E-state index contributed by atoms with van der Waals surface area (Å²) < 4.78 is 47.0. The summed E-state index contributed by atoms with van der Waals surface area (Å²) in [4.78, 5) is 16.9. The second-order valence-corrected chi connectivity index (χ2v) is 6.69. The number of carbonyl (C=O) groups excluding carboxylic acids is 1. The molecule has 142 valence electrons. The molecule has 2 aromatic rings. The maximum absolute atomic E-state index is 12.9. The van der Waals surface area contributed by atoms with Gasteiger partial charge in [-0.1, -0.05) is 6.07 Å². The molecule has 5 nitrogen and oxygen atoms in total. The predicted octanol–water partition coefficient (Wildman–Crippen LogP) is 3.88. The van der Waals surface area contributed by atoms with Crippen LogP contribution in [0.5, 0.6) is 5.75 Å². The van der Waals surface area contributed by atoms with Crippen molar-refractivity contribution < 1.29 is 27.4 Å². The lowest BCUT2D eigenvalue weighted by atomic mass is 9.75. The van der Waals surface area contributed by atoms with Gasteiger partial charge in [0.25, 0.3) is 0 Å². The minimum atomic E-state index is -4.78. The topological polar surface area (TPSA) is 60.5 Å². The molecule has 4 atom stereocenters. The molecule has 27 heavy (non-hydrogen) atoms. The van der Waals surface area contributed by atoms with Gasteiger partial charge in [0, 0.05) is 30.1 Å². The molecule has 1 N–H and O–H groups in total. The predicted molar refractivity (Wildman–Crippen MR) is 90.1 cm³/mol. The summed E-state index contributed by atoms with van der Waals surface area (Å²) >= 11 is 0. The van der Waals surface area contributed by atoms with E-state index in [1.165, 1.54) is 18.2 Å². The van der Waals surface area contributed by atoms with Crippen LogP contribution in [0, 0.1) is 5.92 Å². The van der Waals surface area contributed by atoms with Crippen LogP contribution in [0.15, 0.2) is 48.8 Å². The molecule has 2 fully saturated rings. The maximum Gasteiger partial charge on any atom is 0.573 e. The Balaban J connectivity index is 1.53. The second-order valence-electron chi connectivity index (χ2n) is 6.69. The molecule has 1 amide bonds. The van der Waals surface area contributed by atoms with E-state index in [0.717, 1.165) is 24.5 Å². The number of amides is 1. The van der Waals surface area contributed by atoms with Crippen molar-refractivity contribution in [2.75, 3.05) is 5.32 Å². The lowest BCUT2D eigenvalue weighted by molar-refractivity contribution is -0.274. The van der Waals surface area contributed by atoms with Gasteiger partial charge in [-0.2, -0.15) is 0 Å². The Labute approximate surface area is 153 Å². The fourth-order valence-electron chi connectivity index (χ4n) is 4.02. The molecule has 0 radical (unpaired) electrons. The first-order valence-corrected chi connectivity index (χ1v) is 8.63. The number of nitrogens with zero attached hydrogens (tertiary/aromatic N) is 1. The van der Waals surface area contributed by atoms with Gasteiger partial charge in [0.05, 0.1) is 18.1 Å². The molecular weight excluding hydrogens is 361 g/mol. The van der Waals surface area contributed by atoms with Crippen molar-refractivity contribution in [2.45, 2.75) is 37.3 Å². The Morgan fingerprint density at radius 2 is 1.89 bits per heavy atom. The van der Waals surface area contributed by atoms with Crippen LogP contribution in [0.2, 0.25) is 0 Å². The SMILES string of the molecule is O=C(Nc1cccc(OC(F)(F)F)c1)[C@H]1[C@H](c2ccncc2)[C@@H]2CC[C@@H]1O2. The van der Waals surface area contributed by atoms with Gasteiger partial charge in [-0.15, -0.1) is 13.2 Å². The highest BCUT2D eigenvalue weighted by molar-refractivity contribution is 5.94. The maximum atomic E-state index is 12.9. The molecule has 2 bridgehead atoms. The van der Waals surface area contributed by atoms with Crippen molar-refractivity contribution >= 4 is 11.6 Å². The Morgan fingerprint density at radius 1 is 1.15 bits per heavy atom. The highest BCUT2D eigenvalue weighted by Crippen LogP contribution is 2.49. The summed E-state index contributed by atoms with van der Waals surface area (Å²) in [5, 5.41) is 2.71. The fraction of sp³-hybridized carbons (Fsp3) is 0.368. The van der Waals surface area contributed by atoms with Crippen LogP contribution in [0.4, 0.5) is 18.9 Å². The van der Waals surface area contributed by atoms with Gasteiger partial charge in [0.1, 0.15) is 5.75 Å². The zero-order valence-corrected chi connectivity index (χ0v) is 14.1. The third-order valence-corrected chi connectivity index (χ3v) is 5.00. The Morgan fingerprint density at radius 3 is 2.63 bits per heavy atom. The number of alkyl halides is 3. The van der Waals surface area contributed by atoms with E-state index in [1.807, 2.05) is 12.1 Å². The van der Waals surface area contributed by atoms with Gasteiger partial charge in [0.15, 0.2) is 0 Å². The minimum absolute atomic E-state index is 0.0342. The third-order valence-electron chi connectivity index (χ3n) is 5.00. The van der Waals surface area contributed by atoms with E-state index in [2.05, 4.69) is 15.0 Å². The number of ether oxygens (including phenoxy) is 2. The third kappa shape index (κ3) is 3.75. The van der Waals surface area contributed by atoms with Crippen molar-refractivity contribution in [3.05, 3.63) is 54.4 Å². The first kappa shape index (κ1) is 17.8. The van der Waals surface area contributed by atoms with E-state index in [-0.39, 0.29) is 35.5 Å². The van der Waals surface area contributed by atoms with Gasteiger partial charge in [-0.05, 0) is 42.7 Å². The van der Waals surface area contributed by atoms with Crippen molar-refractivity contribution in [1.29, 1.82) is 0 Å². The smallest absolute Gasteiger partial charge is 0.406 e. The van der Waals surface area contributed by atoms with Crippen LogP contribution in [-0.2, 0) is 9.53 Å². The number of pyridine rings is 1. The van der Waals surface area contributed by atoms with E-state index in [0.29, 0.717) is 0 Å². The van der Waals surface area contributed by atoms with Gasteiger partial charge in [-0.25, -0.2) is 0 Å². The largest absolute Gasteiger partial charge is 0.573 e. The van der Waals surface area contributed by atoms with E-state index in [9.17, 15) is 18.0 Å². The molecule has 8 heteroatoms. The summed E-state index contributed by atoms with van der Waals surface area (Å²) in [6.07, 6.45) is 0.0179. The standard InChI is InChI=1S/C19H17F3N2O3/c20-19(21,22)27-13-3-1-2-12(10-13)24-18(25)17-15-5-4-14(26-15)16(17)11-6-8-23-9-7-11/h1-3,6-10,14-17H,4-5H2,(H,24,25)/t14-,15-,16+,17+/m0/s1. The Hall–Kier alpha value is -2.61. The number of hydrogen-bond acceptors (Lipinski definition) is 4. The van der Waals surface area contributed by atoms with Crippen molar-refractivity contribution in [3.63, 3.8) is 0 Å². The molecular formula is C19H17F3N2O3. The van der Waals surface area contributed by atoms with Crippen LogP contribution in [-0.4, -0.2) is 29.5 Å². The summed E-state index contributed by atoms with van der Waals surface area (Å²) in [7, 11) is 0. The lowest BCUT2D eigenvalue weighted by Crippen LogP contribution is -2.36. The van der Waals surface area contributed by atoms with Gasteiger partial charge in [0.2, 0.25) is 5.91 Å². The van der Waals surface area contributed by atoms with E-state index >= 15 is 0 Å². The number of rotatable bonds is 4. The summed E-state index contributed by atoms with van der Waals surface area (Å²) in [5.41, 5.74) is 1.23. The van der Waals surface area contributed by atoms with E-state index < -0.39 is 12.3 Å². The van der Waals surface area contributed by atoms with Gasteiger partial charge in [-0.3, -0.25) is 9.78 Å². The normalized spacial score (nSPS) is 26.8. The molecule has 4 rings (SSSR count). The molecule has 0 spiro atoms. The number of halogens is 3. The van der Waals surface area contributed by atoms with Crippen molar-refractivity contribution in [1.82, 2.24) is 4.98 Å². The second kappa shape index (κ2) is 6.84. The zero-order valence-electron chi connectivity index (χ0n) is 14.1. The van der Waals surface area contributed by atoms with Crippen molar-refractivity contribution in [2.24, 2.45) is 5.92 Å². The number of carbonyl (C=O) groups is 1. The van der Waals surface area contributed by atoms with Crippen LogP contribution in [0.1, 0.15) is 24.3 Å². The molecule has 2 saturated heterocycles. The molecule has 1 aromatic carbocycles. The zero-order chi connectivity index (χ0) is 19.0. The monoisotopic (exact) mass is 378 g/mol. The first-order valence-electron chi connectivity index (χ1n) is 8.63. The van der Waals surface area contributed by atoms with Crippen LogP contribution >= 0.6 is 0 Å². The molecule has 0 aliphatic carbocycles. The number of benzene rings is 1. The first-order chi connectivity index (χ1) is 12.9. The van der Waals surface area contributed by atoms with E-state index in [1.54, 1.807) is 12.4 Å². The highest BCUT2D eigenvalue weighted by Gasteiger charge is 2.52. The number of anilines is 1. The number of hydrogen-bond donors (Lipinski definition) is 1. The summed E-state index contributed by atoms with van der Waals surface area (Å²) in [6.45, 7) is 0. The Kier molecular flexibility index (Phi) is 4.51. The van der Waals surface area contributed by atoms with E-state index in [4.69, 9.17) is 4.74 Å². The van der Waals surface area contributed by atoms with Gasteiger partial charge >= 0.3 is 6.36 Å². The van der Waals surface area contributed by atoms with Crippen molar-refractivity contribution in [3.8, 4) is 5.75 Å². The summed E-state index contributed by atoms with van der Waals surface area (Å²) in [5.74, 6) is -1.15. The molecule has 1 aromatic heterocycles. The minimum Gasteiger partial charge on any atom is -0.406 e. The lowest BCUT2D eigenvalue weighted by Gasteiger charge is -2.27. The highest BCUT2D eigenvalue weighted by atomic mass is 19.4. The number of aromatic nitrogens is 1. The molecule has 2 aliphatic heterocycles. The average molecular weight is 378 g/mol. The average Bonchev–Trinajstić information content (AvgIpc) is 3.22. The molecule has 3 heterocycles. The number of nitrogens with one attached hydrogen (secondary N) is 1. The fourth-order valence-corrected chi connectivity index (χ4v) is 4.02. The summed E-state index contributed by atoms with van der Waals surface area (Å²) in [6, 6.07) is 9.00. The molecule has 0 saturated carbocycles. The quantitative estimate of drug-likeness (QED) is 0.877. The Bertz CT molecular complexity index is 828. The van der Waals surface area contributed by atoms with Gasteiger partial charge < -0.3 is 14.8 Å². The number of fused-ring (bicyclic) bond motifs is 2. The van der Waals surface area contributed by atoms with Crippen LogP contribution in [0.25, 0.3) is 0 Å². The van der Waals surface area contributed by atoms with Crippen LogP contribution < -0.4 is 10.1 Å².